The fourth-order valence-corrected chi connectivity index (χ4v) is 2.30. The Hall–Kier alpha value is -1.52. The van der Waals surface area contributed by atoms with Crippen LogP contribution in [0.4, 0.5) is 4.79 Å². The van der Waals surface area contributed by atoms with Gasteiger partial charge in [0.1, 0.15) is 6.61 Å². The molecule has 1 rings (SSSR count). The normalized spacial score (nSPS) is 21.2. The van der Waals surface area contributed by atoms with E-state index in [9.17, 15) is 9.59 Å². The number of aliphatic carboxylic acids is 1. The fourth-order valence-electron chi connectivity index (χ4n) is 2.30. The van der Waals surface area contributed by atoms with Gasteiger partial charge in [-0.25, -0.2) is 4.79 Å². The van der Waals surface area contributed by atoms with E-state index in [-0.39, 0.29) is 31.0 Å². The second-order valence-electron chi connectivity index (χ2n) is 4.79. The van der Waals surface area contributed by atoms with E-state index in [0.717, 1.165) is 12.8 Å². The van der Waals surface area contributed by atoms with Gasteiger partial charge in [0.15, 0.2) is 0 Å². The third kappa shape index (κ3) is 4.39. The van der Waals surface area contributed by atoms with Gasteiger partial charge in [-0.15, -0.1) is 0 Å². The zero-order valence-electron chi connectivity index (χ0n) is 10.8. The van der Waals surface area contributed by atoms with Gasteiger partial charge in [-0.05, 0) is 24.7 Å². The lowest BCUT2D eigenvalue weighted by atomic mass is 9.85. The third-order valence-corrected chi connectivity index (χ3v) is 3.34. The number of carboxylic acid groups (broad SMARTS) is 1. The van der Waals surface area contributed by atoms with Crippen LogP contribution in [-0.4, -0.2) is 41.8 Å². The minimum atomic E-state index is -0.783. The molecule has 0 aromatic heterocycles. The van der Waals surface area contributed by atoms with Crippen LogP contribution in [0, 0.1) is 11.8 Å². The van der Waals surface area contributed by atoms with Crippen LogP contribution in [0.1, 0.15) is 26.2 Å². The molecule has 2 unspecified atom stereocenters. The first kappa shape index (κ1) is 14.5. The number of amides is 1. The van der Waals surface area contributed by atoms with E-state index < -0.39 is 5.97 Å². The smallest absolute Gasteiger partial charge is 0.410 e. The van der Waals surface area contributed by atoms with Crippen LogP contribution in [0.2, 0.25) is 0 Å². The molecule has 1 fully saturated rings. The summed E-state index contributed by atoms with van der Waals surface area (Å²) in [7, 11) is 0. The lowest BCUT2D eigenvalue weighted by molar-refractivity contribution is -0.138. The van der Waals surface area contributed by atoms with Crippen LogP contribution < -0.4 is 0 Å². The van der Waals surface area contributed by atoms with Crippen molar-refractivity contribution in [2.45, 2.75) is 26.2 Å². The van der Waals surface area contributed by atoms with Crippen molar-refractivity contribution in [2.24, 2.45) is 11.8 Å². The zero-order chi connectivity index (χ0) is 13.5. The Balaban J connectivity index is 2.47. The Labute approximate surface area is 107 Å². The molecule has 0 aromatic rings. The maximum absolute atomic E-state index is 11.7. The maximum Gasteiger partial charge on any atom is 0.410 e. The number of nitrogens with zero attached hydrogens (tertiary/aromatic N) is 1. The van der Waals surface area contributed by atoms with Gasteiger partial charge in [-0.1, -0.05) is 19.6 Å². The molecule has 1 N–H and O–H groups in total. The summed E-state index contributed by atoms with van der Waals surface area (Å²) in [6.07, 6.45) is 3.23. The van der Waals surface area contributed by atoms with Gasteiger partial charge in [0.25, 0.3) is 0 Å². The Morgan fingerprint density at radius 3 is 2.94 bits per heavy atom. The van der Waals surface area contributed by atoms with Crippen molar-refractivity contribution in [3.8, 4) is 0 Å². The number of piperidine rings is 1. The lowest BCUT2D eigenvalue weighted by Crippen LogP contribution is -2.42. The minimum Gasteiger partial charge on any atom is -0.481 e. The number of carbonyl (C=O) groups excluding carboxylic acids is 1. The highest BCUT2D eigenvalue weighted by molar-refractivity contribution is 5.68. The Bertz CT molecular complexity index is 316. The van der Waals surface area contributed by atoms with Crippen LogP contribution in [0.25, 0.3) is 0 Å². The molecule has 102 valence electrons. The molecule has 0 saturated carbocycles. The van der Waals surface area contributed by atoms with Crippen molar-refractivity contribution in [1.29, 1.82) is 0 Å². The van der Waals surface area contributed by atoms with Crippen LogP contribution in [0.5, 0.6) is 0 Å². The molecule has 0 radical (unpaired) electrons. The molecule has 1 heterocycles. The first-order chi connectivity index (χ1) is 8.54. The van der Waals surface area contributed by atoms with Crippen molar-refractivity contribution in [2.75, 3.05) is 19.7 Å². The maximum atomic E-state index is 11.7. The minimum absolute atomic E-state index is 0.0810. The topological polar surface area (TPSA) is 66.8 Å². The lowest BCUT2D eigenvalue weighted by Gasteiger charge is -2.34. The SMILES string of the molecule is C=CCOC(=O)N1CCCC(C(C)CC(=O)O)C1. The second-order valence-corrected chi connectivity index (χ2v) is 4.79. The van der Waals surface area contributed by atoms with Crippen molar-refractivity contribution >= 4 is 12.1 Å². The second kappa shape index (κ2) is 7.03. The predicted molar refractivity (Wildman–Crippen MR) is 67.3 cm³/mol. The number of ether oxygens (including phenoxy) is 1. The molecule has 0 aromatic carbocycles. The van der Waals surface area contributed by atoms with Gasteiger partial charge in [0.2, 0.25) is 0 Å². The summed E-state index contributed by atoms with van der Waals surface area (Å²) in [5.41, 5.74) is 0. The molecular formula is C13H21NO4. The average Bonchev–Trinajstić information content (AvgIpc) is 2.35. The highest BCUT2D eigenvalue weighted by atomic mass is 16.6. The van der Waals surface area contributed by atoms with Crippen molar-refractivity contribution in [3.63, 3.8) is 0 Å². The molecule has 0 aliphatic carbocycles. The van der Waals surface area contributed by atoms with Gasteiger partial charge in [0, 0.05) is 19.5 Å². The molecule has 2 atom stereocenters. The largest absolute Gasteiger partial charge is 0.481 e. The molecule has 5 heteroatoms. The Morgan fingerprint density at radius 2 is 2.33 bits per heavy atom. The summed E-state index contributed by atoms with van der Waals surface area (Å²) in [5, 5.41) is 8.79. The first-order valence-corrected chi connectivity index (χ1v) is 6.29. The number of hydrogen-bond acceptors (Lipinski definition) is 3. The third-order valence-electron chi connectivity index (χ3n) is 3.34. The van der Waals surface area contributed by atoms with E-state index in [1.54, 1.807) is 4.90 Å². The molecule has 0 spiro atoms. The van der Waals surface area contributed by atoms with Gasteiger partial charge < -0.3 is 14.7 Å². The molecule has 1 aliphatic rings. The van der Waals surface area contributed by atoms with Gasteiger partial charge in [0.05, 0.1) is 0 Å². The predicted octanol–water partition coefficient (Wildman–Crippen LogP) is 2.13. The number of carboxylic acids is 1. The van der Waals surface area contributed by atoms with Crippen LogP contribution >= 0.6 is 0 Å². The van der Waals surface area contributed by atoms with Crippen molar-refractivity contribution in [1.82, 2.24) is 4.90 Å². The number of hydrogen-bond donors (Lipinski definition) is 1. The highest BCUT2D eigenvalue weighted by Crippen LogP contribution is 2.26. The van der Waals surface area contributed by atoms with Crippen molar-refractivity contribution < 1.29 is 19.4 Å². The summed E-state index contributed by atoms with van der Waals surface area (Å²) in [6.45, 7) is 6.91. The standard InChI is InChI=1S/C13H21NO4/c1-3-7-18-13(17)14-6-4-5-11(9-14)10(2)8-12(15)16/h3,10-11H,1,4-9H2,2H3,(H,15,16). The molecule has 0 bridgehead atoms. The molecule has 1 aliphatic heterocycles. The summed E-state index contributed by atoms with van der Waals surface area (Å²) < 4.78 is 4.99. The molecule has 1 saturated heterocycles. The summed E-state index contributed by atoms with van der Waals surface area (Å²) >= 11 is 0. The Morgan fingerprint density at radius 1 is 1.61 bits per heavy atom. The molecular weight excluding hydrogens is 234 g/mol. The average molecular weight is 255 g/mol. The molecule has 5 nitrogen and oxygen atoms in total. The number of carbonyl (C=O) groups is 2. The first-order valence-electron chi connectivity index (χ1n) is 6.29. The summed E-state index contributed by atoms with van der Waals surface area (Å²) in [6, 6.07) is 0. The fraction of sp³-hybridized carbons (Fsp3) is 0.692. The summed E-state index contributed by atoms with van der Waals surface area (Å²) in [5.74, 6) is -0.461. The van der Waals surface area contributed by atoms with Gasteiger partial charge in [-0.3, -0.25) is 4.79 Å². The van der Waals surface area contributed by atoms with Crippen LogP contribution in [0.3, 0.4) is 0 Å². The van der Waals surface area contributed by atoms with Crippen LogP contribution in [0.15, 0.2) is 12.7 Å². The van der Waals surface area contributed by atoms with E-state index in [4.69, 9.17) is 9.84 Å². The Kier molecular flexibility index (Phi) is 5.68. The summed E-state index contributed by atoms with van der Waals surface area (Å²) in [4.78, 5) is 24.0. The van der Waals surface area contributed by atoms with E-state index >= 15 is 0 Å². The highest BCUT2D eigenvalue weighted by Gasteiger charge is 2.28. The monoisotopic (exact) mass is 255 g/mol. The quantitative estimate of drug-likeness (QED) is 0.764. The molecule has 18 heavy (non-hydrogen) atoms. The number of likely N-dealkylation sites (tertiary alicyclic amines) is 1. The van der Waals surface area contributed by atoms with Crippen LogP contribution in [-0.2, 0) is 9.53 Å². The zero-order valence-corrected chi connectivity index (χ0v) is 10.8. The molecule has 1 amide bonds. The van der Waals surface area contributed by atoms with E-state index in [1.165, 1.54) is 6.08 Å². The van der Waals surface area contributed by atoms with Gasteiger partial charge in [-0.2, -0.15) is 0 Å². The van der Waals surface area contributed by atoms with Crippen molar-refractivity contribution in [3.05, 3.63) is 12.7 Å². The van der Waals surface area contributed by atoms with E-state index in [0.29, 0.717) is 13.1 Å². The van der Waals surface area contributed by atoms with Gasteiger partial charge >= 0.3 is 12.1 Å². The number of rotatable bonds is 5. The van der Waals surface area contributed by atoms with E-state index in [1.807, 2.05) is 6.92 Å². The van der Waals surface area contributed by atoms with E-state index in [2.05, 4.69) is 6.58 Å².